The van der Waals surface area contributed by atoms with E-state index in [0.717, 1.165) is 55.5 Å². The standard InChI is InChI=1S/C39H31N3O2/c1-40-33-23-13-12-22-32(33)34(35-28-18-8-10-20-30(28)38(43)41(35)24-26-14-4-2-5-15-26)37(40)36-29-19-9-11-21-31(29)39(44)42(36)25-27-16-6-3-7-17-27/h2-23,35-36H,24-25H2,1H3/t35-,36-/m0/s1. The van der Waals surface area contributed by atoms with Gasteiger partial charge in [-0.1, -0.05) is 115 Å². The maximum Gasteiger partial charge on any atom is 0.255 e. The fourth-order valence-electron chi connectivity index (χ4n) is 7.29. The lowest BCUT2D eigenvalue weighted by atomic mass is 9.91. The van der Waals surface area contributed by atoms with Gasteiger partial charge in [-0.15, -0.1) is 0 Å². The lowest BCUT2D eigenvalue weighted by Gasteiger charge is -2.31. The van der Waals surface area contributed by atoms with Gasteiger partial charge in [-0.25, -0.2) is 0 Å². The molecule has 0 radical (unpaired) electrons. The monoisotopic (exact) mass is 573 g/mol. The van der Waals surface area contributed by atoms with Crippen molar-refractivity contribution in [3.05, 3.63) is 178 Å². The van der Waals surface area contributed by atoms with Crippen molar-refractivity contribution in [2.45, 2.75) is 25.2 Å². The number of benzene rings is 5. The number of aryl methyl sites for hydroxylation is 1. The van der Waals surface area contributed by atoms with Crippen molar-refractivity contribution in [2.75, 3.05) is 0 Å². The Morgan fingerprint density at radius 2 is 0.977 bits per heavy atom. The molecule has 6 aromatic rings. The van der Waals surface area contributed by atoms with E-state index in [0.29, 0.717) is 13.1 Å². The van der Waals surface area contributed by atoms with E-state index in [1.807, 2.05) is 82.6 Å². The molecule has 0 fully saturated rings. The molecule has 5 heteroatoms. The third kappa shape index (κ3) is 4.00. The van der Waals surface area contributed by atoms with E-state index in [9.17, 15) is 9.59 Å². The molecule has 0 saturated heterocycles. The molecule has 0 bridgehead atoms. The molecule has 5 aromatic carbocycles. The predicted octanol–water partition coefficient (Wildman–Crippen LogP) is 7.67. The van der Waals surface area contributed by atoms with Crippen LogP contribution in [0.15, 0.2) is 133 Å². The molecule has 0 unspecified atom stereocenters. The zero-order valence-corrected chi connectivity index (χ0v) is 24.4. The SMILES string of the molecule is Cn1c([C@@H]2c3ccccc3C(=O)N2Cc2ccccc2)c([C@@H]2c3ccccc3C(=O)N2Cc2ccccc2)c2ccccc21. The summed E-state index contributed by atoms with van der Waals surface area (Å²) in [5.74, 6) is 0.0482. The number of nitrogens with zero attached hydrogens (tertiary/aromatic N) is 3. The van der Waals surface area contributed by atoms with Crippen LogP contribution in [0, 0.1) is 0 Å². The number of rotatable bonds is 6. The minimum absolute atomic E-state index is 0.0229. The van der Waals surface area contributed by atoms with Crippen molar-refractivity contribution < 1.29 is 9.59 Å². The third-order valence-electron chi connectivity index (χ3n) is 9.23. The average molecular weight is 574 g/mol. The second-order valence-electron chi connectivity index (χ2n) is 11.7. The van der Waals surface area contributed by atoms with E-state index in [-0.39, 0.29) is 23.9 Å². The largest absolute Gasteiger partial charge is 0.345 e. The highest BCUT2D eigenvalue weighted by molar-refractivity contribution is 6.02. The van der Waals surface area contributed by atoms with Gasteiger partial charge in [-0.2, -0.15) is 0 Å². The summed E-state index contributed by atoms with van der Waals surface area (Å²) in [4.78, 5) is 32.3. The highest BCUT2D eigenvalue weighted by Crippen LogP contribution is 2.49. The second kappa shape index (κ2) is 10.4. The zero-order chi connectivity index (χ0) is 29.8. The lowest BCUT2D eigenvalue weighted by molar-refractivity contribution is 0.0712. The molecule has 2 amide bonds. The van der Waals surface area contributed by atoms with E-state index in [4.69, 9.17) is 0 Å². The van der Waals surface area contributed by atoms with Gasteiger partial charge in [0.05, 0.1) is 17.8 Å². The summed E-state index contributed by atoms with van der Waals surface area (Å²) in [6.45, 7) is 0.962. The minimum Gasteiger partial charge on any atom is -0.345 e. The van der Waals surface area contributed by atoms with Gasteiger partial charge in [0.1, 0.15) is 0 Å². The van der Waals surface area contributed by atoms with Crippen LogP contribution >= 0.6 is 0 Å². The third-order valence-corrected chi connectivity index (χ3v) is 9.23. The van der Waals surface area contributed by atoms with Gasteiger partial charge in [-0.3, -0.25) is 9.59 Å². The number of amides is 2. The highest BCUT2D eigenvalue weighted by atomic mass is 16.2. The van der Waals surface area contributed by atoms with Crippen molar-refractivity contribution in [3.63, 3.8) is 0 Å². The number of carbonyl (C=O) groups is 2. The number of para-hydroxylation sites is 1. The van der Waals surface area contributed by atoms with Crippen molar-refractivity contribution in [1.82, 2.24) is 14.4 Å². The molecule has 1 aromatic heterocycles. The van der Waals surface area contributed by atoms with Gasteiger partial charge in [0, 0.05) is 47.7 Å². The van der Waals surface area contributed by atoms with E-state index in [1.54, 1.807) is 0 Å². The van der Waals surface area contributed by atoms with Crippen LogP contribution in [0.5, 0.6) is 0 Å². The van der Waals surface area contributed by atoms with Gasteiger partial charge in [0.25, 0.3) is 11.8 Å². The molecule has 0 spiro atoms. The molecule has 8 rings (SSSR count). The molecule has 44 heavy (non-hydrogen) atoms. The first-order chi connectivity index (χ1) is 21.6. The molecule has 3 heterocycles. The van der Waals surface area contributed by atoms with Crippen LogP contribution in [0.4, 0.5) is 0 Å². The quantitative estimate of drug-likeness (QED) is 0.205. The Balaban J connectivity index is 1.39. The van der Waals surface area contributed by atoms with E-state index < -0.39 is 0 Å². The summed E-state index contributed by atoms with van der Waals surface area (Å²) >= 11 is 0. The number of fused-ring (bicyclic) bond motifs is 3. The van der Waals surface area contributed by atoms with Crippen LogP contribution in [0.1, 0.15) is 66.3 Å². The van der Waals surface area contributed by atoms with Crippen molar-refractivity contribution in [3.8, 4) is 0 Å². The first kappa shape index (κ1) is 26.2. The van der Waals surface area contributed by atoms with Crippen LogP contribution < -0.4 is 0 Å². The first-order valence-corrected chi connectivity index (χ1v) is 15.1. The van der Waals surface area contributed by atoms with E-state index in [1.165, 1.54) is 0 Å². The normalized spacial score (nSPS) is 17.4. The molecule has 5 nitrogen and oxygen atoms in total. The zero-order valence-electron chi connectivity index (χ0n) is 24.4. The van der Waals surface area contributed by atoms with Gasteiger partial charge in [0.15, 0.2) is 0 Å². The summed E-state index contributed by atoms with van der Waals surface area (Å²) < 4.78 is 2.24. The van der Waals surface area contributed by atoms with Crippen molar-refractivity contribution in [2.24, 2.45) is 7.05 Å². The van der Waals surface area contributed by atoms with Gasteiger partial charge >= 0.3 is 0 Å². The Hall–Kier alpha value is -5.42. The summed E-state index contributed by atoms with van der Waals surface area (Å²) in [5.41, 5.74) is 8.79. The molecule has 0 aliphatic carbocycles. The molecular weight excluding hydrogens is 542 g/mol. The lowest BCUT2D eigenvalue weighted by Crippen LogP contribution is -2.32. The number of aromatic nitrogens is 1. The molecular formula is C39H31N3O2. The molecule has 0 N–H and O–H groups in total. The molecule has 2 atom stereocenters. The fraction of sp³-hybridized carbons (Fsp3) is 0.128. The number of carbonyl (C=O) groups excluding carboxylic acids is 2. The van der Waals surface area contributed by atoms with Gasteiger partial charge in [0.2, 0.25) is 0 Å². The Kier molecular flexibility index (Phi) is 6.19. The topological polar surface area (TPSA) is 45.6 Å². The maximum atomic E-state index is 14.2. The summed E-state index contributed by atoms with van der Waals surface area (Å²) in [6.07, 6.45) is 0. The van der Waals surface area contributed by atoms with Crippen molar-refractivity contribution >= 4 is 22.7 Å². The fourth-order valence-corrected chi connectivity index (χ4v) is 7.29. The maximum absolute atomic E-state index is 14.2. The molecule has 214 valence electrons. The van der Waals surface area contributed by atoms with Crippen LogP contribution in [0.2, 0.25) is 0 Å². The first-order valence-electron chi connectivity index (χ1n) is 15.1. The van der Waals surface area contributed by atoms with E-state index >= 15 is 0 Å². The summed E-state index contributed by atoms with van der Waals surface area (Å²) in [5, 5.41) is 1.09. The average Bonchev–Trinajstić information content (AvgIpc) is 3.62. The van der Waals surface area contributed by atoms with Crippen LogP contribution in [-0.4, -0.2) is 26.2 Å². The van der Waals surface area contributed by atoms with Crippen LogP contribution in [-0.2, 0) is 20.1 Å². The van der Waals surface area contributed by atoms with Crippen molar-refractivity contribution in [1.29, 1.82) is 0 Å². The number of hydrogen-bond donors (Lipinski definition) is 0. The summed E-state index contributed by atoms with van der Waals surface area (Å²) in [7, 11) is 2.09. The molecule has 0 saturated carbocycles. The summed E-state index contributed by atoms with van der Waals surface area (Å²) in [6, 6.07) is 44.1. The predicted molar refractivity (Wildman–Crippen MR) is 172 cm³/mol. The van der Waals surface area contributed by atoms with Gasteiger partial charge in [-0.05, 0) is 40.5 Å². The van der Waals surface area contributed by atoms with Crippen LogP contribution in [0.25, 0.3) is 10.9 Å². The minimum atomic E-state index is -0.326. The second-order valence-corrected chi connectivity index (χ2v) is 11.7. The number of hydrogen-bond acceptors (Lipinski definition) is 2. The highest BCUT2D eigenvalue weighted by Gasteiger charge is 2.45. The Bertz CT molecular complexity index is 2050. The molecule has 2 aliphatic heterocycles. The smallest absolute Gasteiger partial charge is 0.255 e. The Morgan fingerprint density at radius 1 is 0.523 bits per heavy atom. The van der Waals surface area contributed by atoms with Crippen LogP contribution in [0.3, 0.4) is 0 Å². The Morgan fingerprint density at radius 3 is 1.57 bits per heavy atom. The Labute approximate surface area is 256 Å². The van der Waals surface area contributed by atoms with Gasteiger partial charge < -0.3 is 14.4 Å². The van der Waals surface area contributed by atoms with E-state index in [2.05, 4.69) is 72.3 Å². The molecule has 2 aliphatic rings.